The van der Waals surface area contributed by atoms with Crippen LogP contribution in [0.1, 0.15) is 23.7 Å². The summed E-state index contributed by atoms with van der Waals surface area (Å²) >= 11 is 0. The predicted octanol–water partition coefficient (Wildman–Crippen LogP) is 2.23. The van der Waals surface area contributed by atoms with Crippen molar-refractivity contribution >= 4 is 0 Å². The molecule has 4 rings (SSSR count). The zero-order valence-electron chi connectivity index (χ0n) is 12.0. The average Bonchev–Trinajstić information content (AvgIpc) is 3.29. The van der Waals surface area contributed by atoms with E-state index in [1.807, 2.05) is 24.3 Å². The summed E-state index contributed by atoms with van der Waals surface area (Å²) in [6.07, 6.45) is 2.86. The highest BCUT2D eigenvalue weighted by atomic mass is 16.7. The van der Waals surface area contributed by atoms with Gasteiger partial charge in [-0.15, -0.1) is 0 Å². The Balaban J connectivity index is 1.63. The molecule has 2 saturated heterocycles. The SMILES string of the molecule is c1cc(C2OCCO2)cc(-c2cc(C3OCCO3)ccn2)n1. The third-order valence-electron chi connectivity index (χ3n) is 3.62. The minimum atomic E-state index is -0.313. The molecule has 114 valence electrons. The van der Waals surface area contributed by atoms with Gasteiger partial charge >= 0.3 is 0 Å². The van der Waals surface area contributed by atoms with Gasteiger partial charge in [0.15, 0.2) is 12.6 Å². The van der Waals surface area contributed by atoms with E-state index in [-0.39, 0.29) is 12.6 Å². The van der Waals surface area contributed by atoms with Crippen molar-refractivity contribution in [1.82, 2.24) is 9.97 Å². The molecule has 2 aliphatic heterocycles. The predicted molar refractivity (Wildman–Crippen MR) is 76.8 cm³/mol. The first-order chi connectivity index (χ1) is 10.9. The maximum atomic E-state index is 5.52. The number of pyridine rings is 2. The van der Waals surface area contributed by atoms with Gasteiger partial charge in [-0.3, -0.25) is 9.97 Å². The van der Waals surface area contributed by atoms with Crippen LogP contribution in [0.15, 0.2) is 36.7 Å². The molecular formula is C16H16N2O4. The lowest BCUT2D eigenvalue weighted by Crippen LogP contribution is -2.01. The van der Waals surface area contributed by atoms with Gasteiger partial charge in [0.25, 0.3) is 0 Å². The minimum Gasteiger partial charge on any atom is -0.346 e. The Morgan fingerprint density at radius 2 is 1.09 bits per heavy atom. The molecule has 0 unspecified atom stereocenters. The van der Waals surface area contributed by atoms with Gasteiger partial charge in [-0.25, -0.2) is 0 Å². The van der Waals surface area contributed by atoms with Gasteiger partial charge in [-0.05, 0) is 24.3 Å². The molecule has 0 spiro atoms. The Bertz CT molecular complexity index is 595. The molecule has 2 aromatic heterocycles. The van der Waals surface area contributed by atoms with E-state index >= 15 is 0 Å². The largest absolute Gasteiger partial charge is 0.346 e. The molecule has 2 aromatic rings. The normalized spacial score (nSPS) is 19.8. The minimum absolute atomic E-state index is 0.313. The van der Waals surface area contributed by atoms with Crippen molar-refractivity contribution in [2.45, 2.75) is 12.6 Å². The maximum Gasteiger partial charge on any atom is 0.184 e. The van der Waals surface area contributed by atoms with Crippen LogP contribution >= 0.6 is 0 Å². The first-order valence-electron chi connectivity index (χ1n) is 7.29. The second kappa shape index (κ2) is 6.10. The highest BCUT2D eigenvalue weighted by Gasteiger charge is 2.21. The third kappa shape index (κ3) is 2.74. The first kappa shape index (κ1) is 13.8. The number of hydrogen-bond acceptors (Lipinski definition) is 6. The van der Waals surface area contributed by atoms with Crippen molar-refractivity contribution in [3.05, 3.63) is 47.8 Å². The van der Waals surface area contributed by atoms with Crippen LogP contribution in [0.2, 0.25) is 0 Å². The molecule has 0 radical (unpaired) electrons. The molecule has 0 bridgehead atoms. The fraction of sp³-hybridized carbons (Fsp3) is 0.375. The maximum absolute atomic E-state index is 5.52. The van der Waals surface area contributed by atoms with E-state index in [0.29, 0.717) is 26.4 Å². The number of rotatable bonds is 3. The summed E-state index contributed by atoms with van der Waals surface area (Å²) < 4.78 is 22.1. The van der Waals surface area contributed by atoms with Crippen molar-refractivity contribution < 1.29 is 18.9 Å². The summed E-state index contributed by atoms with van der Waals surface area (Å²) in [6.45, 7) is 2.47. The summed E-state index contributed by atoms with van der Waals surface area (Å²) in [7, 11) is 0. The molecule has 0 aliphatic carbocycles. The average molecular weight is 300 g/mol. The molecule has 6 nitrogen and oxygen atoms in total. The molecule has 4 heterocycles. The van der Waals surface area contributed by atoms with Crippen LogP contribution in [0, 0.1) is 0 Å². The third-order valence-corrected chi connectivity index (χ3v) is 3.62. The highest BCUT2D eigenvalue weighted by Crippen LogP contribution is 2.28. The van der Waals surface area contributed by atoms with E-state index in [0.717, 1.165) is 22.5 Å². The lowest BCUT2D eigenvalue weighted by molar-refractivity contribution is -0.0444. The van der Waals surface area contributed by atoms with Crippen LogP contribution in [0.3, 0.4) is 0 Å². The Morgan fingerprint density at radius 1 is 0.682 bits per heavy atom. The van der Waals surface area contributed by atoms with Crippen LogP contribution < -0.4 is 0 Å². The quantitative estimate of drug-likeness (QED) is 0.866. The van der Waals surface area contributed by atoms with E-state index in [9.17, 15) is 0 Å². The van der Waals surface area contributed by atoms with Crippen molar-refractivity contribution in [2.75, 3.05) is 26.4 Å². The molecule has 6 heteroatoms. The first-order valence-corrected chi connectivity index (χ1v) is 7.29. The molecule has 22 heavy (non-hydrogen) atoms. The van der Waals surface area contributed by atoms with Crippen LogP contribution in [0.25, 0.3) is 11.4 Å². The van der Waals surface area contributed by atoms with Crippen molar-refractivity contribution in [1.29, 1.82) is 0 Å². The Kier molecular flexibility index (Phi) is 3.82. The van der Waals surface area contributed by atoms with Gasteiger partial charge in [0.1, 0.15) is 0 Å². The molecule has 2 fully saturated rings. The lowest BCUT2D eigenvalue weighted by Gasteiger charge is -2.12. The van der Waals surface area contributed by atoms with E-state index in [1.54, 1.807) is 12.4 Å². The van der Waals surface area contributed by atoms with E-state index in [2.05, 4.69) is 9.97 Å². The van der Waals surface area contributed by atoms with E-state index in [4.69, 9.17) is 18.9 Å². The second-order valence-electron chi connectivity index (χ2n) is 5.10. The van der Waals surface area contributed by atoms with Gasteiger partial charge < -0.3 is 18.9 Å². The summed E-state index contributed by atoms with van der Waals surface area (Å²) in [5, 5.41) is 0. The summed E-state index contributed by atoms with van der Waals surface area (Å²) in [5.74, 6) is 0. The van der Waals surface area contributed by atoms with Crippen LogP contribution in [-0.4, -0.2) is 36.4 Å². The summed E-state index contributed by atoms with van der Waals surface area (Å²) in [4.78, 5) is 8.79. The Labute approximate surface area is 128 Å². The van der Waals surface area contributed by atoms with E-state index in [1.165, 1.54) is 0 Å². The van der Waals surface area contributed by atoms with Gasteiger partial charge in [-0.2, -0.15) is 0 Å². The van der Waals surface area contributed by atoms with Crippen LogP contribution in [0.4, 0.5) is 0 Å². The smallest absolute Gasteiger partial charge is 0.184 e. The molecule has 0 amide bonds. The monoisotopic (exact) mass is 300 g/mol. The molecule has 0 atom stereocenters. The number of hydrogen-bond donors (Lipinski definition) is 0. The highest BCUT2D eigenvalue weighted by molar-refractivity contribution is 5.56. The van der Waals surface area contributed by atoms with Gasteiger partial charge in [-0.1, -0.05) is 0 Å². The van der Waals surface area contributed by atoms with Crippen LogP contribution in [-0.2, 0) is 18.9 Å². The van der Waals surface area contributed by atoms with Gasteiger partial charge in [0, 0.05) is 23.5 Å². The standard InChI is InChI=1S/C16H16N2O4/c1-3-17-13(9-11(1)15-19-5-6-20-15)14-10-12(2-4-18-14)16-21-7-8-22-16/h1-4,9-10,15-16H,5-8H2. The van der Waals surface area contributed by atoms with E-state index < -0.39 is 0 Å². The molecule has 0 saturated carbocycles. The zero-order valence-corrected chi connectivity index (χ0v) is 12.0. The fourth-order valence-corrected chi connectivity index (χ4v) is 2.57. The number of nitrogens with zero attached hydrogens (tertiary/aromatic N) is 2. The molecular weight excluding hydrogens is 284 g/mol. The van der Waals surface area contributed by atoms with Gasteiger partial charge in [0.2, 0.25) is 0 Å². The molecule has 0 N–H and O–H groups in total. The van der Waals surface area contributed by atoms with Crippen molar-refractivity contribution in [2.24, 2.45) is 0 Å². The van der Waals surface area contributed by atoms with Crippen molar-refractivity contribution in [3.8, 4) is 11.4 Å². The Hall–Kier alpha value is -1.86. The molecule has 2 aliphatic rings. The fourth-order valence-electron chi connectivity index (χ4n) is 2.57. The van der Waals surface area contributed by atoms with Gasteiger partial charge in [0.05, 0.1) is 37.8 Å². The zero-order chi connectivity index (χ0) is 14.8. The number of aromatic nitrogens is 2. The topological polar surface area (TPSA) is 62.7 Å². The lowest BCUT2D eigenvalue weighted by atomic mass is 10.1. The molecule has 0 aromatic carbocycles. The summed E-state index contributed by atoms with van der Waals surface area (Å²) in [5.41, 5.74) is 3.44. The summed E-state index contributed by atoms with van der Waals surface area (Å²) in [6, 6.07) is 7.68. The van der Waals surface area contributed by atoms with Crippen molar-refractivity contribution in [3.63, 3.8) is 0 Å². The van der Waals surface area contributed by atoms with Crippen LogP contribution in [0.5, 0.6) is 0 Å². The Morgan fingerprint density at radius 3 is 1.50 bits per heavy atom. The second-order valence-corrected chi connectivity index (χ2v) is 5.10. The number of ether oxygens (including phenoxy) is 4.